The zero-order valence-corrected chi connectivity index (χ0v) is 12.1. The summed E-state index contributed by atoms with van der Waals surface area (Å²) in [6.45, 7) is 0.539. The van der Waals surface area contributed by atoms with Crippen molar-refractivity contribution in [1.29, 1.82) is 0 Å². The minimum Gasteiger partial charge on any atom is -0.380 e. The molecule has 0 fully saturated rings. The third-order valence-corrected chi connectivity index (χ3v) is 3.10. The molecule has 0 radical (unpaired) electrons. The number of hydrogen-bond acceptors (Lipinski definition) is 3. The first kappa shape index (κ1) is 13.3. The number of benzene rings is 1. The molecule has 0 aliphatic carbocycles. The number of nitrogens with zero attached hydrogens (tertiary/aromatic N) is 1. The van der Waals surface area contributed by atoms with Crippen molar-refractivity contribution in [1.82, 2.24) is 4.98 Å². The van der Waals surface area contributed by atoms with E-state index in [2.05, 4.69) is 26.2 Å². The Kier molecular flexibility index (Phi) is 4.58. The smallest absolute Gasteiger partial charge is 0.149 e. The Hall–Kier alpha value is -1.10. The van der Waals surface area contributed by atoms with Gasteiger partial charge in [0, 0.05) is 29.0 Å². The lowest BCUT2D eigenvalue weighted by Gasteiger charge is -2.11. The summed E-state index contributed by atoms with van der Waals surface area (Å²) in [5, 5.41) is 3.78. The summed E-state index contributed by atoms with van der Waals surface area (Å²) >= 11 is 9.45. The van der Waals surface area contributed by atoms with E-state index in [0.29, 0.717) is 17.4 Å². The van der Waals surface area contributed by atoms with E-state index in [0.717, 1.165) is 15.7 Å². The highest BCUT2D eigenvalue weighted by Crippen LogP contribution is 2.27. The molecule has 3 nitrogen and oxygen atoms in total. The fourth-order valence-corrected chi connectivity index (χ4v) is 2.23. The Labute approximate surface area is 119 Å². The van der Waals surface area contributed by atoms with Crippen LogP contribution in [0.25, 0.3) is 0 Å². The van der Waals surface area contributed by atoms with Gasteiger partial charge in [-0.15, -0.1) is 0 Å². The first-order chi connectivity index (χ1) is 8.70. The van der Waals surface area contributed by atoms with Crippen LogP contribution in [0.5, 0.6) is 0 Å². The van der Waals surface area contributed by atoms with Crippen LogP contribution in [0.1, 0.15) is 5.56 Å². The zero-order valence-electron chi connectivity index (χ0n) is 9.78. The Morgan fingerprint density at radius 3 is 2.89 bits per heavy atom. The van der Waals surface area contributed by atoms with Crippen LogP contribution in [0.15, 0.2) is 41.0 Å². The second-order valence-electron chi connectivity index (χ2n) is 3.70. The fraction of sp³-hybridized carbons (Fsp3) is 0.154. The lowest BCUT2D eigenvalue weighted by Crippen LogP contribution is -1.99. The summed E-state index contributed by atoms with van der Waals surface area (Å²) in [5.74, 6) is 0.628. The lowest BCUT2D eigenvalue weighted by molar-refractivity contribution is 0.185. The quantitative estimate of drug-likeness (QED) is 0.904. The van der Waals surface area contributed by atoms with Gasteiger partial charge >= 0.3 is 0 Å². The van der Waals surface area contributed by atoms with Crippen LogP contribution in [-0.2, 0) is 11.3 Å². The van der Waals surface area contributed by atoms with Crippen LogP contribution in [0.2, 0.25) is 5.02 Å². The van der Waals surface area contributed by atoms with E-state index in [1.54, 1.807) is 19.4 Å². The number of methoxy groups -OCH3 is 1. The Morgan fingerprint density at radius 1 is 1.39 bits per heavy atom. The van der Waals surface area contributed by atoms with E-state index >= 15 is 0 Å². The number of aromatic nitrogens is 1. The van der Waals surface area contributed by atoms with E-state index in [1.165, 1.54) is 0 Å². The van der Waals surface area contributed by atoms with Gasteiger partial charge in [-0.2, -0.15) is 0 Å². The highest BCUT2D eigenvalue weighted by atomic mass is 79.9. The number of halogens is 2. The molecule has 0 amide bonds. The largest absolute Gasteiger partial charge is 0.380 e. The number of ether oxygens (including phenoxy) is 1. The number of para-hydroxylation sites is 1. The predicted octanol–water partition coefficient (Wildman–Crippen LogP) is 4.39. The molecule has 2 rings (SSSR count). The van der Waals surface area contributed by atoms with Crippen LogP contribution in [-0.4, -0.2) is 12.1 Å². The van der Waals surface area contributed by atoms with Crippen molar-refractivity contribution in [3.63, 3.8) is 0 Å². The van der Waals surface area contributed by atoms with E-state index in [9.17, 15) is 0 Å². The fourth-order valence-electron chi connectivity index (χ4n) is 1.56. The molecule has 0 bridgehead atoms. The van der Waals surface area contributed by atoms with Gasteiger partial charge in [0.2, 0.25) is 0 Å². The number of anilines is 2. The average Bonchev–Trinajstić information content (AvgIpc) is 2.35. The molecular weight excluding hydrogens is 316 g/mol. The molecule has 0 aliphatic heterocycles. The molecule has 94 valence electrons. The average molecular weight is 328 g/mol. The number of pyridine rings is 1. The molecule has 0 atom stereocenters. The highest BCUT2D eigenvalue weighted by Gasteiger charge is 2.06. The van der Waals surface area contributed by atoms with Gasteiger partial charge in [-0.05, 0) is 28.1 Å². The summed E-state index contributed by atoms with van der Waals surface area (Å²) < 4.78 is 6.00. The monoisotopic (exact) mass is 326 g/mol. The molecule has 0 saturated heterocycles. The lowest BCUT2D eigenvalue weighted by atomic mass is 10.2. The number of rotatable bonds is 4. The first-order valence-electron chi connectivity index (χ1n) is 5.35. The van der Waals surface area contributed by atoms with Crippen molar-refractivity contribution in [2.75, 3.05) is 12.4 Å². The summed E-state index contributed by atoms with van der Waals surface area (Å²) in [5.41, 5.74) is 2.00. The van der Waals surface area contributed by atoms with E-state index in [4.69, 9.17) is 16.3 Å². The topological polar surface area (TPSA) is 34.1 Å². The molecule has 0 saturated carbocycles. The van der Waals surface area contributed by atoms with Crippen molar-refractivity contribution in [3.05, 3.63) is 51.6 Å². The van der Waals surface area contributed by atoms with Gasteiger partial charge in [-0.3, -0.25) is 0 Å². The van der Waals surface area contributed by atoms with Gasteiger partial charge in [-0.1, -0.05) is 29.8 Å². The van der Waals surface area contributed by atoms with Gasteiger partial charge in [-0.25, -0.2) is 4.98 Å². The molecule has 5 heteroatoms. The standard InChI is InChI=1S/C13H12BrClN2O/c1-18-8-9-4-2-3-5-12(9)17-13-11(15)6-10(14)7-16-13/h2-7H,8H2,1H3,(H,16,17). The first-order valence-corrected chi connectivity index (χ1v) is 6.52. The van der Waals surface area contributed by atoms with Gasteiger partial charge in [0.25, 0.3) is 0 Å². The van der Waals surface area contributed by atoms with Crippen molar-refractivity contribution in [2.45, 2.75) is 6.61 Å². The van der Waals surface area contributed by atoms with Crippen molar-refractivity contribution in [3.8, 4) is 0 Å². The maximum atomic E-state index is 6.12. The third-order valence-electron chi connectivity index (χ3n) is 2.38. The van der Waals surface area contributed by atoms with Gasteiger partial charge in [0.15, 0.2) is 0 Å². The summed E-state index contributed by atoms with van der Waals surface area (Å²) in [6.07, 6.45) is 1.70. The van der Waals surface area contributed by atoms with Crippen molar-refractivity contribution in [2.24, 2.45) is 0 Å². The Bertz CT molecular complexity index is 548. The van der Waals surface area contributed by atoms with Crippen LogP contribution < -0.4 is 5.32 Å². The zero-order chi connectivity index (χ0) is 13.0. The van der Waals surface area contributed by atoms with Crippen LogP contribution in [0, 0.1) is 0 Å². The molecule has 0 spiro atoms. The van der Waals surface area contributed by atoms with Gasteiger partial charge < -0.3 is 10.1 Å². The normalized spacial score (nSPS) is 10.4. The minimum atomic E-state index is 0.539. The molecule has 1 heterocycles. The number of nitrogens with one attached hydrogen (secondary N) is 1. The minimum absolute atomic E-state index is 0.539. The molecule has 18 heavy (non-hydrogen) atoms. The number of hydrogen-bond donors (Lipinski definition) is 1. The van der Waals surface area contributed by atoms with Gasteiger partial charge in [0.1, 0.15) is 5.82 Å². The molecule has 1 N–H and O–H groups in total. The van der Waals surface area contributed by atoms with E-state index in [1.807, 2.05) is 24.3 Å². The van der Waals surface area contributed by atoms with E-state index in [-0.39, 0.29) is 0 Å². The maximum absolute atomic E-state index is 6.12. The van der Waals surface area contributed by atoms with Crippen LogP contribution in [0.4, 0.5) is 11.5 Å². The molecule has 2 aromatic rings. The van der Waals surface area contributed by atoms with Crippen molar-refractivity contribution >= 4 is 39.0 Å². The summed E-state index contributed by atoms with van der Waals surface area (Å²) in [7, 11) is 1.67. The van der Waals surface area contributed by atoms with E-state index < -0.39 is 0 Å². The SMILES string of the molecule is COCc1ccccc1Nc1ncc(Br)cc1Cl. The Morgan fingerprint density at radius 2 is 2.17 bits per heavy atom. The van der Waals surface area contributed by atoms with Gasteiger partial charge in [0.05, 0.1) is 11.6 Å². The maximum Gasteiger partial charge on any atom is 0.149 e. The molecule has 1 aromatic carbocycles. The molecule has 0 unspecified atom stereocenters. The summed E-state index contributed by atoms with van der Waals surface area (Å²) in [6, 6.07) is 9.69. The molecule has 1 aromatic heterocycles. The second kappa shape index (κ2) is 6.18. The third kappa shape index (κ3) is 3.22. The van der Waals surface area contributed by atoms with Crippen LogP contribution >= 0.6 is 27.5 Å². The van der Waals surface area contributed by atoms with Crippen molar-refractivity contribution < 1.29 is 4.74 Å². The molecule has 0 aliphatic rings. The Balaban J connectivity index is 2.28. The second-order valence-corrected chi connectivity index (χ2v) is 5.02. The summed E-state index contributed by atoms with van der Waals surface area (Å²) in [4.78, 5) is 4.24. The predicted molar refractivity (Wildman–Crippen MR) is 77.4 cm³/mol. The van der Waals surface area contributed by atoms with Crippen LogP contribution in [0.3, 0.4) is 0 Å². The molecular formula is C13H12BrClN2O. The highest BCUT2D eigenvalue weighted by molar-refractivity contribution is 9.10.